The molecule has 0 aliphatic heterocycles. The normalized spacial score (nSPS) is 7.78. The zero-order valence-corrected chi connectivity index (χ0v) is 25.3. The van der Waals surface area contributed by atoms with Crippen LogP contribution in [0.5, 0.6) is 0 Å². The van der Waals surface area contributed by atoms with E-state index in [-0.39, 0.29) is 48.1 Å². The number of nitrogens with zero attached hydrogens (tertiary/aromatic N) is 3. The maximum Gasteiger partial charge on any atom is 5.00 e. The standard InChI is InChI=1S/3C5H11NS2.Mo.2S/c3*1-3-6(4-2)5(7)8;;;/h3*3-4H2,1-2H3,(H,7,8);;;/q;;;+5;2*-1/p-3. The van der Waals surface area contributed by atoms with Gasteiger partial charge in [-0.3, -0.25) is 0 Å². The maximum absolute atomic E-state index is 4.76. The minimum atomic E-state index is 0. The summed E-state index contributed by atoms with van der Waals surface area (Å²) < 4.78 is 1.74. The Morgan fingerprint density at radius 2 is 0.630 bits per heavy atom. The van der Waals surface area contributed by atoms with Gasteiger partial charge in [0.25, 0.3) is 0 Å². The van der Waals surface area contributed by atoms with Gasteiger partial charge in [0, 0.05) is 39.3 Å². The number of thiocarbonyl (C=S) groups is 3. The Labute approximate surface area is 228 Å². The third kappa shape index (κ3) is 27.7. The van der Waals surface area contributed by atoms with Crippen LogP contribution in [0, 0.1) is 0 Å². The molecule has 0 fully saturated rings. The van der Waals surface area contributed by atoms with E-state index in [1.165, 1.54) is 0 Å². The van der Waals surface area contributed by atoms with Crippen molar-refractivity contribution in [3.8, 4) is 0 Å². The molecule has 12 heteroatoms. The first-order valence-electron chi connectivity index (χ1n) is 8.04. The molecule has 0 saturated carbocycles. The smallest absolute Gasteiger partial charge is 1.00 e. The van der Waals surface area contributed by atoms with Crippen molar-refractivity contribution in [2.24, 2.45) is 0 Å². The van der Waals surface area contributed by atoms with Crippen LogP contribution in [-0.4, -0.2) is 66.9 Å². The Balaban J connectivity index is -0.0000000580. The molecule has 0 spiro atoms. The van der Waals surface area contributed by atoms with Crippen LogP contribution < -0.4 is 0 Å². The Morgan fingerprint density at radius 3 is 0.630 bits per heavy atom. The van der Waals surface area contributed by atoms with Gasteiger partial charge in [0.15, 0.2) is 0 Å². The molecule has 0 atom stereocenters. The second-order valence-corrected chi connectivity index (χ2v) is 7.41. The predicted octanol–water partition coefficient (Wildman–Crippen LogP) is 3.47. The topological polar surface area (TPSA) is 9.72 Å². The number of rotatable bonds is 6. The molecule has 0 amide bonds. The zero-order valence-electron chi connectivity index (χ0n) is 16.8. The molecule has 0 aromatic heterocycles. The summed E-state index contributed by atoms with van der Waals surface area (Å²) in [6.45, 7) is 17.8. The molecule has 0 bridgehead atoms. The molecular formula is C15H30MoN3S8. The van der Waals surface area contributed by atoms with Gasteiger partial charge < -0.3 is 116 Å². The Morgan fingerprint density at radius 1 is 0.519 bits per heavy atom. The first kappa shape index (κ1) is 42.8. The summed E-state index contributed by atoms with van der Waals surface area (Å²) in [7, 11) is 0. The van der Waals surface area contributed by atoms with Crippen LogP contribution >= 0.6 is 36.7 Å². The molecule has 0 rings (SSSR count). The molecular weight excluding hydrogens is 575 g/mol. The van der Waals surface area contributed by atoms with E-state index >= 15 is 0 Å². The molecule has 0 aliphatic rings. The van der Waals surface area contributed by atoms with Crippen molar-refractivity contribution >= 4 is 114 Å². The van der Waals surface area contributed by atoms with Crippen molar-refractivity contribution in [2.75, 3.05) is 39.3 Å². The maximum atomic E-state index is 4.76. The summed E-state index contributed by atoms with van der Waals surface area (Å²) >= 11 is 28.5. The van der Waals surface area contributed by atoms with Crippen molar-refractivity contribution in [1.82, 2.24) is 14.7 Å². The van der Waals surface area contributed by atoms with Gasteiger partial charge in [0.2, 0.25) is 0 Å². The first-order valence-corrected chi connectivity index (χ1v) is 10.5. The summed E-state index contributed by atoms with van der Waals surface area (Å²) in [4.78, 5) is 5.89. The molecule has 0 aromatic carbocycles. The molecule has 0 N–H and O–H groups in total. The molecule has 159 valence electrons. The van der Waals surface area contributed by atoms with Gasteiger partial charge in [0.05, 0.1) is 0 Å². The van der Waals surface area contributed by atoms with Crippen molar-refractivity contribution in [3.63, 3.8) is 0 Å². The second-order valence-electron chi connectivity index (χ2n) is 4.31. The van der Waals surface area contributed by atoms with E-state index in [1.807, 2.05) is 56.2 Å². The van der Waals surface area contributed by atoms with Crippen molar-refractivity contribution in [2.45, 2.75) is 41.5 Å². The van der Waals surface area contributed by atoms with Gasteiger partial charge in [-0.1, -0.05) is 13.0 Å². The largest absolute Gasteiger partial charge is 5.00 e. The molecule has 3 radical (unpaired) electrons. The van der Waals surface area contributed by atoms with Crippen LogP contribution in [0.2, 0.25) is 0 Å². The summed E-state index contributed by atoms with van der Waals surface area (Å²) in [5.41, 5.74) is 0. The SMILES string of the molecule is CCN(CC)C(=S)[S-].CCN(CC)C(=S)[S-].CCN(CC)C(=S)[S-].[Mo+5].[S-].[S-]. The van der Waals surface area contributed by atoms with Crippen molar-refractivity contribution < 1.29 is 21.1 Å². The van der Waals surface area contributed by atoms with Crippen LogP contribution in [-0.2, 0) is 85.9 Å². The van der Waals surface area contributed by atoms with E-state index in [0.717, 1.165) is 39.3 Å². The summed E-state index contributed by atoms with van der Waals surface area (Å²) in [5.74, 6) is 0. The first-order chi connectivity index (χ1) is 11.2. The summed E-state index contributed by atoms with van der Waals surface area (Å²) in [6.07, 6.45) is 0. The molecule has 0 unspecified atom stereocenters. The summed E-state index contributed by atoms with van der Waals surface area (Å²) in [6, 6.07) is 0. The second kappa shape index (κ2) is 29.9. The number of hydrogen-bond acceptors (Lipinski definition) is 8. The van der Waals surface area contributed by atoms with Gasteiger partial charge in [-0.15, -0.1) is 0 Å². The summed E-state index contributed by atoms with van der Waals surface area (Å²) in [5, 5.41) is 0. The van der Waals surface area contributed by atoms with Gasteiger partial charge in [-0.2, -0.15) is 0 Å². The molecule has 3 nitrogen and oxygen atoms in total. The van der Waals surface area contributed by atoms with E-state index in [0.29, 0.717) is 13.0 Å². The van der Waals surface area contributed by atoms with Gasteiger partial charge in [-0.05, 0) is 41.5 Å². The quantitative estimate of drug-likeness (QED) is 0.254. The van der Waals surface area contributed by atoms with Gasteiger partial charge in [-0.25, -0.2) is 0 Å². The van der Waals surface area contributed by atoms with Crippen LogP contribution in [0.4, 0.5) is 0 Å². The monoisotopic (exact) mass is 606 g/mol. The average Bonchev–Trinajstić information content (AvgIpc) is 2.51. The molecule has 0 aromatic rings. The van der Waals surface area contributed by atoms with E-state index in [2.05, 4.69) is 0 Å². The average molecular weight is 605 g/mol. The van der Waals surface area contributed by atoms with Crippen LogP contribution in [0.3, 0.4) is 0 Å². The predicted molar refractivity (Wildman–Crippen MR) is 143 cm³/mol. The molecule has 0 heterocycles. The van der Waals surface area contributed by atoms with Gasteiger partial charge in [0.1, 0.15) is 0 Å². The van der Waals surface area contributed by atoms with E-state index < -0.39 is 0 Å². The fraction of sp³-hybridized carbons (Fsp3) is 0.800. The molecule has 0 aliphatic carbocycles. The Bertz CT molecular complexity index is 298. The third-order valence-corrected chi connectivity index (χ3v) is 4.61. The van der Waals surface area contributed by atoms with Crippen LogP contribution in [0.1, 0.15) is 41.5 Å². The van der Waals surface area contributed by atoms with Crippen molar-refractivity contribution in [1.29, 1.82) is 0 Å². The van der Waals surface area contributed by atoms with Crippen LogP contribution in [0.25, 0.3) is 0 Å². The Hall–Kier alpha value is 1.72. The van der Waals surface area contributed by atoms with Crippen molar-refractivity contribution in [3.05, 3.63) is 0 Å². The fourth-order valence-corrected chi connectivity index (χ4v) is 2.99. The van der Waals surface area contributed by atoms with E-state index in [9.17, 15) is 0 Å². The third-order valence-electron chi connectivity index (χ3n) is 3.06. The Kier molecular flexibility index (Phi) is 47.4. The van der Waals surface area contributed by atoms with E-state index in [4.69, 9.17) is 74.5 Å². The number of hydrogen-bond donors (Lipinski definition) is 0. The van der Waals surface area contributed by atoms with Crippen LogP contribution in [0.15, 0.2) is 0 Å². The van der Waals surface area contributed by atoms with Gasteiger partial charge >= 0.3 is 21.1 Å². The minimum Gasteiger partial charge on any atom is -1.00 e. The minimum absolute atomic E-state index is 0. The fourth-order valence-electron chi connectivity index (χ4n) is 1.45. The molecule has 0 saturated heterocycles. The molecule has 27 heavy (non-hydrogen) atoms. The van der Waals surface area contributed by atoms with E-state index in [1.54, 1.807) is 0 Å². The zero-order chi connectivity index (χ0) is 19.7.